The molecule has 2 aromatic rings. The van der Waals surface area contributed by atoms with Crippen LogP contribution >= 0.6 is 11.6 Å². The van der Waals surface area contributed by atoms with E-state index in [4.69, 9.17) is 17.3 Å². The molecule has 0 bridgehead atoms. The van der Waals surface area contributed by atoms with E-state index in [2.05, 4.69) is 10.2 Å². The van der Waals surface area contributed by atoms with Crippen molar-refractivity contribution in [2.45, 2.75) is 37.6 Å². The summed E-state index contributed by atoms with van der Waals surface area (Å²) in [5.74, 6) is -0.942. The van der Waals surface area contributed by atoms with E-state index in [1.165, 1.54) is 29.6 Å². The fraction of sp³-hybridized carbons (Fsp3) is 0.391. The first-order chi connectivity index (χ1) is 15.5. The summed E-state index contributed by atoms with van der Waals surface area (Å²) in [4.78, 5) is 26.7. The van der Waals surface area contributed by atoms with E-state index in [0.717, 1.165) is 5.69 Å². The van der Waals surface area contributed by atoms with Crippen LogP contribution in [0.3, 0.4) is 0 Å². The molecule has 0 aliphatic carbocycles. The Kier molecular flexibility index (Phi) is 7.66. The first-order valence-electron chi connectivity index (χ1n) is 10.7. The van der Waals surface area contributed by atoms with Gasteiger partial charge in [-0.05, 0) is 57.0 Å². The van der Waals surface area contributed by atoms with Crippen LogP contribution in [0.25, 0.3) is 0 Å². The number of primary amides is 1. The number of anilines is 2. The van der Waals surface area contributed by atoms with Gasteiger partial charge in [0.15, 0.2) is 0 Å². The summed E-state index contributed by atoms with van der Waals surface area (Å²) in [6, 6.07) is 11.2. The van der Waals surface area contributed by atoms with Crippen molar-refractivity contribution in [3.63, 3.8) is 0 Å². The predicted molar refractivity (Wildman–Crippen MR) is 130 cm³/mol. The van der Waals surface area contributed by atoms with Gasteiger partial charge in [-0.25, -0.2) is 8.42 Å². The number of nitrogens with zero attached hydrogens (tertiary/aromatic N) is 2. The van der Waals surface area contributed by atoms with Crippen molar-refractivity contribution in [1.82, 2.24) is 4.31 Å². The SMILES string of the molecule is CC(C)N(C)S(=O)(=O)c1ccc(Cl)c(C(=O)Nc2ccccc2N2CCC(C(N)=O)CC2)c1. The minimum atomic E-state index is -3.77. The lowest BCUT2D eigenvalue weighted by atomic mass is 9.96. The van der Waals surface area contributed by atoms with Gasteiger partial charge in [-0.1, -0.05) is 23.7 Å². The summed E-state index contributed by atoms with van der Waals surface area (Å²) in [6.45, 7) is 4.81. The van der Waals surface area contributed by atoms with Gasteiger partial charge in [0.25, 0.3) is 5.91 Å². The molecule has 3 N–H and O–H groups in total. The maximum Gasteiger partial charge on any atom is 0.257 e. The van der Waals surface area contributed by atoms with Crippen molar-refractivity contribution in [2.75, 3.05) is 30.4 Å². The van der Waals surface area contributed by atoms with Crippen LogP contribution in [-0.4, -0.2) is 50.7 Å². The van der Waals surface area contributed by atoms with Crippen LogP contribution in [0.15, 0.2) is 47.4 Å². The molecular weight excluding hydrogens is 464 g/mol. The van der Waals surface area contributed by atoms with Gasteiger partial charge in [0, 0.05) is 32.1 Å². The molecular formula is C23H29ClN4O4S. The number of amides is 2. The fourth-order valence-electron chi connectivity index (χ4n) is 3.73. The van der Waals surface area contributed by atoms with Gasteiger partial charge in [-0.2, -0.15) is 4.31 Å². The molecule has 1 aliphatic rings. The second-order valence-electron chi connectivity index (χ2n) is 8.39. The zero-order valence-electron chi connectivity index (χ0n) is 18.9. The van der Waals surface area contributed by atoms with Crippen molar-refractivity contribution in [1.29, 1.82) is 0 Å². The molecule has 0 saturated carbocycles. The zero-order chi connectivity index (χ0) is 24.3. The van der Waals surface area contributed by atoms with Crippen molar-refractivity contribution < 1.29 is 18.0 Å². The van der Waals surface area contributed by atoms with Gasteiger partial charge in [0.1, 0.15) is 0 Å². The summed E-state index contributed by atoms with van der Waals surface area (Å²) in [5.41, 5.74) is 6.88. The summed E-state index contributed by atoms with van der Waals surface area (Å²) >= 11 is 6.26. The molecule has 33 heavy (non-hydrogen) atoms. The predicted octanol–water partition coefficient (Wildman–Crippen LogP) is 3.32. The Morgan fingerprint density at radius 2 is 1.79 bits per heavy atom. The first-order valence-corrected chi connectivity index (χ1v) is 12.6. The smallest absolute Gasteiger partial charge is 0.257 e. The van der Waals surface area contributed by atoms with E-state index in [-0.39, 0.29) is 33.3 Å². The second kappa shape index (κ2) is 10.1. The lowest BCUT2D eigenvalue weighted by Gasteiger charge is -2.33. The molecule has 10 heteroatoms. The number of carbonyl (C=O) groups excluding carboxylic acids is 2. The standard InChI is InChI=1S/C23H29ClN4O4S/c1-15(2)27(3)33(31,32)17-8-9-19(24)18(14-17)23(30)26-20-6-4-5-7-21(20)28-12-10-16(11-13-28)22(25)29/h4-9,14-16H,10-13H2,1-3H3,(H2,25,29)(H,26,30). The number of nitrogens with two attached hydrogens (primary N) is 1. The summed E-state index contributed by atoms with van der Waals surface area (Å²) < 4.78 is 27.0. The minimum absolute atomic E-state index is 0.00457. The van der Waals surface area contributed by atoms with Gasteiger partial charge in [0.05, 0.1) is 26.9 Å². The van der Waals surface area contributed by atoms with E-state index >= 15 is 0 Å². The number of nitrogens with one attached hydrogen (secondary N) is 1. The minimum Gasteiger partial charge on any atom is -0.370 e. The second-order valence-corrected chi connectivity index (χ2v) is 10.8. The molecule has 2 amide bonds. The third kappa shape index (κ3) is 5.48. The molecule has 0 aromatic heterocycles. The summed E-state index contributed by atoms with van der Waals surface area (Å²) in [7, 11) is -2.28. The molecule has 0 unspecified atom stereocenters. The van der Waals surface area contributed by atoms with Crippen LogP contribution in [0, 0.1) is 5.92 Å². The highest BCUT2D eigenvalue weighted by atomic mass is 35.5. The van der Waals surface area contributed by atoms with Gasteiger partial charge in [-0.15, -0.1) is 0 Å². The number of carbonyl (C=O) groups is 2. The van der Waals surface area contributed by atoms with Gasteiger partial charge < -0.3 is 16.0 Å². The number of sulfonamides is 1. The normalized spacial score (nSPS) is 15.2. The highest BCUT2D eigenvalue weighted by molar-refractivity contribution is 7.89. The van der Waals surface area contributed by atoms with E-state index in [9.17, 15) is 18.0 Å². The average Bonchev–Trinajstić information content (AvgIpc) is 2.79. The van der Waals surface area contributed by atoms with Crippen LogP contribution in [0.1, 0.15) is 37.0 Å². The number of halogens is 1. The molecule has 3 rings (SSSR count). The Morgan fingerprint density at radius 1 is 1.15 bits per heavy atom. The Balaban J connectivity index is 1.85. The Labute approximate surface area is 199 Å². The van der Waals surface area contributed by atoms with Crippen LogP contribution < -0.4 is 16.0 Å². The molecule has 0 radical (unpaired) electrons. The van der Waals surface area contributed by atoms with Crippen molar-refractivity contribution in [3.05, 3.63) is 53.1 Å². The van der Waals surface area contributed by atoms with Crippen LogP contribution in [-0.2, 0) is 14.8 Å². The molecule has 1 fully saturated rings. The van der Waals surface area contributed by atoms with Crippen molar-refractivity contribution in [2.24, 2.45) is 11.7 Å². The molecule has 0 atom stereocenters. The molecule has 1 saturated heterocycles. The lowest BCUT2D eigenvalue weighted by Crippen LogP contribution is -2.38. The molecule has 0 spiro atoms. The molecule has 1 heterocycles. The average molecular weight is 493 g/mol. The largest absolute Gasteiger partial charge is 0.370 e. The lowest BCUT2D eigenvalue weighted by molar-refractivity contribution is -0.122. The Morgan fingerprint density at radius 3 is 2.39 bits per heavy atom. The molecule has 178 valence electrons. The third-order valence-corrected chi connectivity index (χ3v) is 8.34. The number of para-hydroxylation sites is 2. The molecule has 8 nitrogen and oxygen atoms in total. The number of benzene rings is 2. The van der Waals surface area contributed by atoms with Crippen molar-refractivity contribution >= 4 is 44.8 Å². The van der Waals surface area contributed by atoms with Gasteiger partial charge >= 0.3 is 0 Å². The number of piperidine rings is 1. The van der Waals surface area contributed by atoms with E-state index < -0.39 is 15.9 Å². The third-order valence-electron chi connectivity index (χ3n) is 5.98. The Bertz CT molecular complexity index is 1140. The van der Waals surface area contributed by atoms with Crippen LogP contribution in [0.2, 0.25) is 5.02 Å². The van der Waals surface area contributed by atoms with Crippen LogP contribution in [0.5, 0.6) is 0 Å². The maximum absolute atomic E-state index is 13.1. The van der Waals surface area contributed by atoms with Crippen LogP contribution in [0.4, 0.5) is 11.4 Å². The summed E-state index contributed by atoms with van der Waals surface area (Å²) in [6.07, 6.45) is 1.29. The molecule has 2 aromatic carbocycles. The number of rotatable bonds is 7. The number of hydrogen-bond acceptors (Lipinski definition) is 5. The molecule has 1 aliphatic heterocycles. The number of hydrogen-bond donors (Lipinski definition) is 2. The van der Waals surface area contributed by atoms with E-state index in [1.54, 1.807) is 26.0 Å². The van der Waals surface area contributed by atoms with Crippen molar-refractivity contribution in [3.8, 4) is 0 Å². The maximum atomic E-state index is 13.1. The zero-order valence-corrected chi connectivity index (χ0v) is 20.5. The van der Waals surface area contributed by atoms with E-state index in [0.29, 0.717) is 31.6 Å². The highest BCUT2D eigenvalue weighted by Crippen LogP contribution is 2.31. The topological polar surface area (TPSA) is 113 Å². The highest BCUT2D eigenvalue weighted by Gasteiger charge is 2.27. The Hall–Kier alpha value is -2.62. The fourth-order valence-corrected chi connectivity index (χ4v) is 5.33. The first kappa shape index (κ1) is 25.0. The van der Waals surface area contributed by atoms with E-state index in [1.807, 2.05) is 12.1 Å². The van der Waals surface area contributed by atoms with Gasteiger partial charge in [-0.3, -0.25) is 9.59 Å². The van der Waals surface area contributed by atoms with Gasteiger partial charge in [0.2, 0.25) is 15.9 Å². The monoisotopic (exact) mass is 492 g/mol. The summed E-state index contributed by atoms with van der Waals surface area (Å²) in [5, 5.41) is 3.02. The quantitative estimate of drug-likeness (QED) is 0.615.